The van der Waals surface area contributed by atoms with Gasteiger partial charge in [0, 0.05) is 34.3 Å². The molecular weight excluding hydrogens is 396 g/mol. The summed E-state index contributed by atoms with van der Waals surface area (Å²) in [6, 6.07) is 7.71. The Balaban J connectivity index is 2.03. The summed E-state index contributed by atoms with van der Waals surface area (Å²) >= 11 is 5.73. The van der Waals surface area contributed by atoms with Crippen molar-refractivity contribution in [3.05, 3.63) is 46.1 Å². The minimum absolute atomic E-state index is 0.0616. The van der Waals surface area contributed by atoms with Gasteiger partial charge >= 0.3 is 0 Å². The number of nitrogens with two attached hydrogens (primary N) is 1. The van der Waals surface area contributed by atoms with Crippen molar-refractivity contribution in [2.75, 3.05) is 36.6 Å². The van der Waals surface area contributed by atoms with E-state index in [9.17, 15) is 4.55 Å². The molecule has 1 aliphatic rings. The van der Waals surface area contributed by atoms with E-state index < -0.39 is 11.2 Å². The SMILES string of the molecule is Cc1cc(N2CC(C)(C)COCC2c2ccc(C[S+](C)[O-])cc2Cl)nc(N)n1. The van der Waals surface area contributed by atoms with Gasteiger partial charge in [0.1, 0.15) is 11.6 Å². The maximum absolute atomic E-state index is 11.5. The van der Waals surface area contributed by atoms with E-state index in [4.69, 9.17) is 22.1 Å². The highest BCUT2D eigenvalue weighted by Crippen LogP contribution is 2.37. The minimum atomic E-state index is -0.916. The van der Waals surface area contributed by atoms with E-state index in [0.29, 0.717) is 24.0 Å². The molecule has 2 unspecified atom stereocenters. The summed E-state index contributed by atoms with van der Waals surface area (Å²) in [6.07, 6.45) is 1.69. The van der Waals surface area contributed by atoms with Crippen molar-refractivity contribution >= 4 is 34.5 Å². The average Bonchev–Trinajstić information content (AvgIpc) is 2.72. The van der Waals surface area contributed by atoms with E-state index in [1.807, 2.05) is 31.2 Å². The Morgan fingerprint density at radius 1 is 1.36 bits per heavy atom. The van der Waals surface area contributed by atoms with Gasteiger partial charge in [-0.15, -0.1) is 0 Å². The molecule has 1 aromatic heterocycles. The molecule has 2 aromatic rings. The van der Waals surface area contributed by atoms with Gasteiger partial charge in [-0.25, -0.2) is 4.98 Å². The van der Waals surface area contributed by atoms with E-state index in [0.717, 1.165) is 29.2 Å². The molecule has 0 saturated carbocycles. The van der Waals surface area contributed by atoms with Crippen LogP contribution in [0.25, 0.3) is 0 Å². The molecule has 8 heteroatoms. The lowest BCUT2D eigenvalue weighted by Crippen LogP contribution is -2.37. The van der Waals surface area contributed by atoms with Gasteiger partial charge < -0.3 is 19.9 Å². The van der Waals surface area contributed by atoms with Crippen molar-refractivity contribution in [3.63, 3.8) is 0 Å². The number of benzene rings is 1. The number of ether oxygens (including phenoxy) is 1. The summed E-state index contributed by atoms with van der Waals surface area (Å²) in [7, 11) is 0. The molecule has 1 aromatic carbocycles. The standard InChI is InChI=1S/C20H27ClN4O2S/c1-13-7-18(24-19(22)23-13)25-11-20(2,3)12-27-9-17(25)15-6-5-14(8-16(15)21)10-28(4)26/h5-8,17H,9-12H2,1-4H3,(H2,22,23,24). The molecule has 3 rings (SSSR count). The van der Waals surface area contributed by atoms with E-state index in [2.05, 4.69) is 28.7 Å². The lowest BCUT2D eigenvalue weighted by atomic mass is 9.93. The molecule has 0 amide bonds. The smallest absolute Gasteiger partial charge is 0.222 e. The Labute approximate surface area is 174 Å². The number of halogens is 1. The first kappa shape index (κ1) is 21.2. The zero-order valence-corrected chi connectivity index (χ0v) is 18.3. The third-order valence-electron chi connectivity index (χ3n) is 4.69. The van der Waals surface area contributed by atoms with E-state index in [1.165, 1.54) is 0 Å². The first-order valence-corrected chi connectivity index (χ1v) is 11.3. The van der Waals surface area contributed by atoms with Gasteiger partial charge in [-0.1, -0.05) is 48.8 Å². The van der Waals surface area contributed by atoms with Crippen LogP contribution in [0.4, 0.5) is 11.8 Å². The van der Waals surface area contributed by atoms with Crippen molar-refractivity contribution in [1.29, 1.82) is 0 Å². The predicted octanol–water partition coefficient (Wildman–Crippen LogP) is 3.50. The molecule has 2 heterocycles. The third-order valence-corrected chi connectivity index (χ3v) is 5.76. The fourth-order valence-electron chi connectivity index (χ4n) is 3.54. The Hall–Kier alpha value is -1.54. The predicted molar refractivity (Wildman–Crippen MR) is 115 cm³/mol. The highest BCUT2D eigenvalue weighted by atomic mass is 35.5. The number of aryl methyl sites for hydroxylation is 1. The molecule has 28 heavy (non-hydrogen) atoms. The van der Waals surface area contributed by atoms with Crippen LogP contribution in [0, 0.1) is 12.3 Å². The first-order valence-electron chi connectivity index (χ1n) is 9.18. The van der Waals surface area contributed by atoms with Crippen LogP contribution >= 0.6 is 11.6 Å². The number of hydrogen-bond donors (Lipinski definition) is 1. The molecule has 2 N–H and O–H groups in total. The van der Waals surface area contributed by atoms with Gasteiger partial charge in [0.05, 0.1) is 25.5 Å². The molecule has 0 radical (unpaired) electrons. The van der Waals surface area contributed by atoms with Crippen LogP contribution < -0.4 is 10.6 Å². The Bertz CT molecular complexity index is 827. The summed E-state index contributed by atoms with van der Waals surface area (Å²) < 4.78 is 17.6. The molecular formula is C20H27ClN4O2S. The highest BCUT2D eigenvalue weighted by Gasteiger charge is 2.34. The Morgan fingerprint density at radius 2 is 2.11 bits per heavy atom. The van der Waals surface area contributed by atoms with Crippen LogP contribution in [0.5, 0.6) is 0 Å². The van der Waals surface area contributed by atoms with Crippen LogP contribution in [-0.4, -0.2) is 40.5 Å². The van der Waals surface area contributed by atoms with Crippen molar-refractivity contribution in [2.24, 2.45) is 5.41 Å². The monoisotopic (exact) mass is 422 g/mol. The summed E-state index contributed by atoms with van der Waals surface area (Å²) in [6.45, 7) is 8.12. The molecule has 2 atom stereocenters. The number of rotatable bonds is 4. The largest absolute Gasteiger partial charge is 0.616 e. The zero-order valence-electron chi connectivity index (χ0n) is 16.7. The molecule has 0 aliphatic carbocycles. The van der Waals surface area contributed by atoms with Gasteiger partial charge in [-0.3, -0.25) is 0 Å². The number of aromatic nitrogens is 2. The van der Waals surface area contributed by atoms with Crippen LogP contribution in [0.1, 0.15) is 36.7 Å². The lowest BCUT2D eigenvalue weighted by Gasteiger charge is -2.35. The summed E-state index contributed by atoms with van der Waals surface area (Å²) in [5.74, 6) is 1.51. The number of nitrogens with zero attached hydrogens (tertiary/aromatic N) is 3. The van der Waals surface area contributed by atoms with Gasteiger partial charge in [-0.05, 0) is 18.6 Å². The van der Waals surface area contributed by atoms with Crippen molar-refractivity contribution in [3.8, 4) is 0 Å². The molecule has 1 fully saturated rings. The summed E-state index contributed by atoms with van der Waals surface area (Å²) in [5, 5.41) is 0.639. The van der Waals surface area contributed by atoms with Crippen molar-refractivity contribution in [2.45, 2.75) is 32.6 Å². The fourth-order valence-corrected chi connectivity index (χ4v) is 4.52. The van der Waals surface area contributed by atoms with E-state index >= 15 is 0 Å². The summed E-state index contributed by atoms with van der Waals surface area (Å²) in [5.41, 5.74) is 8.59. The van der Waals surface area contributed by atoms with Crippen LogP contribution in [0.15, 0.2) is 24.3 Å². The molecule has 1 aliphatic heterocycles. The first-order chi connectivity index (χ1) is 13.1. The average molecular weight is 423 g/mol. The maximum atomic E-state index is 11.5. The second kappa shape index (κ2) is 8.45. The Morgan fingerprint density at radius 3 is 2.75 bits per heavy atom. The van der Waals surface area contributed by atoms with Crippen molar-refractivity contribution in [1.82, 2.24) is 9.97 Å². The van der Waals surface area contributed by atoms with Crippen LogP contribution in [0.3, 0.4) is 0 Å². The number of hydrogen-bond acceptors (Lipinski definition) is 6. The normalized spacial score (nSPS) is 20.6. The van der Waals surface area contributed by atoms with Gasteiger partial charge in [-0.2, -0.15) is 4.98 Å². The fraction of sp³-hybridized carbons (Fsp3) is 0.500. The second-order valence-electron chi connectivity index (χ2n) is 8.12. The lowest BCUT2D eigenvalue weighted by molar-refractivity contribution is 0.0800. The quantitative estimate of drug-likeness (QED) is 0.758. The number of anilines is 2. The zero-order chi connectivity index (χ0) is 20.5. The number of nitrogen functional groups attached to an aromatic ring is 1. The van der Waals surface area contributed by atoms with Gasteiger partial charge in [0.25, 0.3) is 0 Å². The molecule has 0 bridgehead atoms. The second-order valence-corrected chi connectivity index (χ2v) is 9.96. The minimum Gasteiger partial charge on any atom is -0.616 e. The summed E-state index contributed by atoms with van der Waals surface area (Å²) in [4.78, 5) is 10.9. The highest BCUT2D eigenvalue weighted by molar-refractivity contribution is 7.89. The molecule has 1 saturated heterocycles. The molecule has 6 nitrogen and oxygen atoms in total. The Kier molecular flexibility index (Phi) is 6.39. The molecule has 152 valence electrons. The van der Waals surface area contributed by atoms with E-state index in [1.54, 1.807) is 6.26 Å². The van der Waals surface area contributed by atoms with Crippen molar-refractivity contribution < 1.29 is 9.29 Å². The topological polar surface area (TPSA) is 87.3 Å². The molecule has 0 spiro atoms. The van der Waals surface area contributed by atoms with E-state index in [-0.39, 0.29) is 17.4 Å². The van der Waals surface area contributed by atoms with Gasteiger partial charge in [0.2, 0.25) is 5.95 Å². The van der Waals surface area contributed by atoms with Crippen LogP contribution in [-0.2, 0) is 21.7 Å². The maximum Gasteiger partial charge on any atom is 0.222 e. The van der Waals surface area contributed by atoms with Crippen LogP contribution in [0.2, 0.25) is 5.02 Å². The third kappa shape index (κ3) is 5.08. The van der Waals surface area contributed by atoms with Gasteiger partial charge in [0.15, 0.2) is 0 Å².